The molecule has 6 heteroatoms. The molecule has 0 spiro atoms. The van der Waals surface area contributed by atoms with Gasteiger partial charge in [-0.3, -0.25) is 9.59 Å². The molecule has 122 valence electrons. The zero-order valence-electron chi connectivity index (χ0n) is 13.1. The van der Waals surface area contributed by atoms with E-state index in [4.69, 9.17) is 0 Å². The highest BCUT2D eigenvalue weighted by molar-refractivity contribution is 5.97. The van der Waals surface area contributed by atoms with Gasteiger partial charge in [-0.2, -0.15) is 0 Å². The number of amides is 2. The van der Waals surface area contributed by atoms with Crippen LogP contribution in [0.4, 0.5) is 5.69 Å². The first-order valence-corrected chi connectivity index (χ1v) is 7.59. The fourth-order valence-electron chi connectivity index (χ4n) is 2.53. The number of nitrogens with one attached hydrogen (secondary N) is 2. The monoisotopic (exact) mass is 325 g/mol. The molecule has 1 aromatic carbocycles. The largest absolute Gasteiger partial charge is 0.339 e. The SMILES string of the molecule is CCN(CC)C(=O)c1ccc(NC(=O)[C@@H]2CCCN2)cc1.Cl. The highest BCUT2D eigenvalue weighted by Gasteiger charge is 2.22. The maximum absolute atomic E-state index is 12.2. The Labute approximate surface area is 137 Å². The lowest BCUT2D eigenvalue weighted by atomic mass is 10.1. The van der Waals surface area contributed by atoms with E-state index in [0.29, 0.717) is 18.7 Å². The van der Waals surface area contributed by atoms with Gasteiger partial charge in [0.05, 0.1) is 6.04 Å². The molecule has 22 heavy (non-hydrogen) atoms. The predicted molar refractivity (Wildman–Crippen MR) is 90.6 cm³/mol. The lowest BCUT2D eigenvalue weighted by molar-refractivity contribution is -0.117. The molecule has 1 heterocycles. The smallest absolute Gasteiger partial charge is 0.253 e. The Balaban J connectivity index is 0.00000242. The molecule has 1 atom stereocenters. The van der Waals surface area contributed by atoms with E-state index in [1.807, 2.05) is 13.8 Å². The van der Waals surface area contributed by atoms with Crippen molar-refractivity contribution in [2.24, 2.45) is 0 Å². The molecule has 0 aromatic heterocycles. The van der Waals surface area contributed by atoms with Crippen LogP contribution in [0.5, 0.6) is 0 Å². The predicted octanol–water partition coefficient (Wildman–Crippen LogP) is 2.28. The van der Waals surface area contributed by atoms with E-state index in [1.165, 1.54) is 0 Å². The third-order valence-corrected chi connectivity index (χ3v) is 3.83. The molecule has 1 aromatic rings. The first-order chi connectivity index (χ1) is 10.2. The number of nitrogens with zero attached hydrogens (tertiary/aromatic N) is 1. The summed E-state index contributed by atoms with van der Waals surface area (Å²) < 4.78 is 0. The van der Waals surface area contributed by atoms with Gasteiger partial charge in [0.1, 0.15) is 0 Å². The molecule has 2 N–H and O–H groups in total. The van der Waals surface area contributed by atoms with Crippen LogP contribution < -0.4 is 10.6 Å². The minimum absolute atomic E-state index is 0. The number of carbonyl (C=O) groups excluding carboxylic acids is 2. The van der Waals surface area contributed by atoms with E-state index < -0.39 is 0 Å². The molecule has 0 saturated carbocycles. The molecule has 1 saturated heterocycles. The number of rotatable bonds is 5. The Bertz CT molecular complexity index is 495. The van der Waals surface area contributed by atoms with Gasteiger partial charge in [0.25, 0.3) is 5.91 Å². The molecule has 1 aliphatic heterocycles. The van der Waals surface area contributed by atoms with Crippen LogP contribution in [0.1, 0.15) is 37.0 Å². The highest BCUT2D eigenvalue weighted by Crippen LogP contribution is 2.13. The zero-order chi connectivity index (χ0) is 15.2. The van der Waals surface area contributed by atoms with Crippen molar-refractivity contribution in [1.29, 1.82) is 0 Å². The summed E-state index contributed by atoms with van der Waals surface area (Å²) in [5, 5.41) is 6.04. The molecule has 1 fully saturated rings. The first-order valence-electron chi connectivity index (χ1n) is 7.59. The molecule has 2 amide bonds. The van der Waals surface area contributed by atoms with Crippen molar-refractivity contribution in [2.75, 3.05) is 25.0 Å². The molecule has 5 nitrogen and oxygen atoms in total. The van der Waals surface area contributed by atoms with Gasteiger partial charge in [-0.1, -0.05) is 0 Å². The lowest BCUT2D eigenvalue weighted by Gasteiger charge is -2.18. The van der Waals surface area contributed by atoms with Crippen LogP contribution in [0.15, 0.2) is 24.3 Å². The molecular weight excluding hydrogens is 302 g/mol. The van der Waals surface area contributed by atoms with Crippen molar-refractivity contribution < 1.29 is 9.59 Å². The fraction of sp³-hybridized carbons (Fsp3) is 0.500. The molecule has 0 unspecified atom stereocenters. The third kappa shape index (κ3) is 4.45. The van der Waals surface area contributed by atoms with Crippen LogP contribution in [-0.2, 0) is 4.79 Å². The number of hydrogen-bond acceptors (Lipinski definition) is 3. The Morgan fingerprint density at radius 2 is 1.86 bits per heavy atom. The summed E-state index contributed by atoms with van der Waals surface area (Å²) in [4.78, 5) is 25.9. The second-order valence-corrected chi connectivity index (χ2v) is 5.19. The lowest BCUT2D eigenvalue weighted by Crippen LogP contribution is -2.35. The molecule has 0 aliphatic carbocycles. The molecule has 1 aliphatic rings. The van der Waals surface area contributed by atoms with Gasteiger partial charge < -0.3 is 15.5 Å². The van der Waals surface area contributed by atoms with Crippen LogP contribution in [0, 0.1) is 0 Å². The normalized spacial score (nSPS) is 16.7. The van der Waals surface area contributed by atoms with E-state index >= 15 is 0 Å². The number of benzene rings is 1. The summed E-state index contributed by atoms with van der Waals surface area (Å²) in [6.07, 6.45) is 1.92. The maximum atomic E-state index is 12.2. The topological polar surface area (TPSA) is 61.4 Å². The van der Waals surface area contributed by atoms with E-state index in [9.17, 15) is 9.59 Å². The average Bonchev–Trinajstić information content (AvgIpc) is 3.03. The van der Waals surface area contributed by atoms with Gasteiger partial charge in [-0.05, 0) is 57.5 Å². The van der Waals surface area contributed by atoms with Gasteiger partial charge in [0, 0.05) is 24.3 Å². The Morgan fingerprint density at radius 3 is 2.36 bits per heavy atom. The summed E-state index contributed by atoms with van der Waals surface area (Å²) in [7, 11) is 0. The quantitative estimate of drug-likeness (QED) is 0.873. The van der Waals surface area contributed by atoms with E-state index in [-0.39, 0.29) is 30.3 Å². The fourth-order valence-corrected chi connectivity index (χ4v) is 2.53. The summed E-state index contributed by atoms with van der Waals surface area (Å²) >= 11 is 0. The second kappa shape index (κ2) is 8.76. The Kier molecular flexibility index (Phi) is 7.35. The minimum Gasteiger partial charge on any atom is -0.339 e. The van der Waals surface area contributed by atoms with Crippen LogP contribution in [0.2, 0.25) is 0 Å². The zero-order valence-corrected chi connectivity index (χ0v) is 13.9. The van der Waals surface area contributed by atoms with E-state index in [1.54, 1.807) is 29.2 Å². The Morgan fingerprint density at radius 1 is 1.23 bits per heavy atom. The summed E-state index contributed by atoms with van der Waals surface area (Å²) in [6.45, 7) is 6.22. The van der Waals surface area contributed by atoms with Crippen LogP contribution in [0.3, 0.4) is 0 Å². The van der Waals surface area contributed by atoms with Crippen molar-refractivity contribution in [2.45, 2.75) is 32.7 Å². The minimum atomic E-state index is -0.0954. The van der Waals surface area contributed by atoms with Crippen molar-refractivity contribution in [1.82, 2.24) is 10.2 Å². The molecular formula is C16H24ClN3O2. The van der Waals surface area contributed by atoms with Crippen molar-refractivity contribution in [3.05, 3.63) is 29.8 Å². The van der Waals surface area contributed by atoms with Crippen LogP contribution in [-0.4, -0.2) is 42.4 Å². The number of anilines is 1. The molecule has 0 bridgehead atoms. The van der Waals surface area contributed by atoms with Gasteiger partial charge in [-0.15, -0.1) is 12.4 Å². The van der Waals surface area contributed by atoms with Gasteiger partial charge in [0.15, 0.2) is 0 Å². The Hall–Kier alpha value is -1.59. The van der Waals surface area contributed by atoms with Gasteiger partial charge in [0.2, 0.25) is 5.91 Å². The van der Waals surface area contributed by atoms with Crippen molar-refractivity contribution in [3.63, 3.8) is 0 Å². The van der Waals surface area contributed by atoms with Crippen molar-refractivity contribution >= 4 is 29.9 Å². The third-order valence-electron chi connectivity index (χ3n) is 3.83. The number of hydrogen-bond donors (Lipinski definition) is 2. The molecule has 2 rings (SSSR count). The summed E-state index contributed by atoms with van der Waals surface area (Å²) in [5.41, 5.74) is 1.38. The van der Waals surface area contributed by atoms with Gasteiger partial charge in [-0.25, -0.2) is 0 Å². The number of carbonyl (C=O) groups is 2. The van der Waals surface area contributed by atoms with Crippen LogP contribution in [0.25, 0.3) is 0 Å². The first kappa shape index (κ1) is 18.5. The van der Waals surface area contributed by atoms with Crippen LogP contribution >= 0.6 is 12.4 Å². The second-order valence-electron chi connectivity index (χ2n) is 5.19. The van der Waals surface area contributed by atoms with Crippen molar-refractivity contribution in [3.8, 4) is 0 Å². The van der Waals surface area contributed by atoms with E-state index in [2.05, 4.69) is 10.6 Å². The standard InChI is InChI=1S/C16H23N3O2.ClH/c1-3-19(4-2)16(21)12-7-9-13(10-8-12)18-15(20)14-6-5-11-17-14;/h7-10,14,17H,3-6,11H2,1-2H3,(H,18,20);1H/t14-;/m0./s1. The van der Waals surface area contributed by atoms with E-state index in [0.717, 1.165) is 25.1 Å². The summed E-state index contributed by atoms with van der Waals surface area (Å²) in [6, 6.07) is 6.99. The highest BCUT2D eigenvalue weighted by atomic mass is 35.5. The molecule has 0 radical (unpaired) electrons. The summed E-state index contributed by atoms with van der Waals surface area (Å²) in [5.74, 6) is 0.0191. The van der Waals surface area contributed by atoms with Gasteiger partial charge >= 0.3 is 0 Å². The average molecular weight is 326 g/mol. The maximum Gasteiger partial charge on any atom is 0.253 e. The number of halogens is 1.